The highest BCUT2D eigenvalue weighted by atomic mass is 16.7. The molecule has 1 N–H and O–H groups in total. The zero-order valence-corrected chi connectivity index (χ0v) is 18.3. The molecule has 30 heavy (non-hydrogen) atoms. The number of likely N-dealkylation sites (tertiary alicyclic amines) is 1. The molecular formula is C23H32N2O5. The predicted molar refractivity (Wildman–Crippen MR) is 114 cm³/mol. The van der Waals surface area contributed by atoms with Gasteiger partial charge in [-0.25, -0.2) is 4.79 Å². The van der Waals surface area contributed by atoms with Crippen LogP contribution in [0.4, 0.5) is 4.79 Å². The number of carbonyl (C=O) groups excluding carboxylic acids is 3. The lowest BCUT2D eigenvalue weighted by atomic mass is 9.95. The van der Waals surface area contributed by atoms with E-state index in [1.165, 1.54) is 0 Å². The SMILES string of the molecule is CCOC(=O)Oc1ccc(C(=O)N2CCC(CNC(=O)/C=C/C(C)(C)C)CC2)cc1. The number of carbonyl (C=O) groups is 3. The number of allylic oxidation sites excluding steroid dienone is 1. The summed E-state index contributed by atoms with van der Waals surface area (Å²) in [6, 6.07) is 6.45. The van der Waals surface area contributed by atoms with Crippen molar-refractivity contribution in [3.05, 3.63) is 42.0 Å². The Morgan fingerprint density at radius 1 is 1.13 bits per heavy atom. The summed E-state index contributed by atoms with van der Waals surface area (Å²) in [4.78, 5) is 37.8. The molecule has 1 aliphatic rings. The van der Waals surface area contributed by atoms with E-state index in [4.69, 9.17) is 9.47 Å². The summed E-state index contributed by atoms with van der Waals surface area (Å²) in [6.07, 6.45) is 4.42. The maximum atomic E-state index is 12.7. The molecule has 0 unspecified atom stereocenters. The van der Waals surface area contributed by atoms with Gasteiger partial charge >= 0.3 is 6.16 Å². The Balaban J connectivity index is 1.78. The lowest BCUT2D eigenvalue weighted by molar-refractivity contribution is -0.116. The molecule has 2 amide bonds. The Bertz CT molecular complexity index is 757. The van der Waals surface area contributed by atoms with Gasteiger partial charge in [0.1, 0.15) is 5.75 Å². The molecule has 1 aromatic carbocycles. The number of hydrogen-bond donors (Lipinski definition) is 1. The molecule has 1 aliphatic heterocycles. The van der Waals surface area contributed by atoms with E-state index in [1.54, 1.807) is 37.3 Å². The van der Waals surface area contributed by atoms with Gasteiger partial charge in [0.2, 0.25) is 5.91 Å². The normalized spacial score (nSPS) is 15.1. The molecule has 2 rings (SSSR count). The summed E-state index contributed by atoms with van der Waals surface area (Å²) >= 11 is 0. The number of nitrogens with zero attached hydrogens (tertiary/aromatic N) is 1. The third-order valence-corrected chi connectivity index (χ3v) is 4.77. The van der Waals surface area contributed by atoms with Crippen molar-refractivity contribution in [1.29, 1.82) is 0 Å². The van der Waals surface area contributed by atoms with Crippen LogP contribution in [-0.4, -0.2) is 49.1 Å². The quantitative estimate of drug-likeness (QED) is 0.433. The second kappa shape index (κ2) is 10.8. The van der Waals surface area contributed by atoms with Crippen molar-refractivity contribution < 1.29 is 23.9 Å². The van der Waals surface area contributed by atoms with Gasteiger partial charge in [0.05, 0.1) is 6.61 Å². The van der Waals surface area contributed by atoms with Gasteiger partial charge in [0.15, 0.2) is 0 Å². The number of ether oxygens (including phenoxy) is 2. The predicted octanol–water partition coefficient (Wildman–Crippen LogP) is 3.79. The zero-order valence-electron chi connectivity index (χ0n) is 18.3. The first-order valence-corrected chi connectivity index (χ1v) is 10.4. The van der Waals surface area contributed by atoms with Gasteiger partial charge in [0, 0.05) is 25.2 Å². The Hall–Kier alpha value is -2.83. The average molecular weight is 417 g/mol. The molecule has 0 atom stereocenters. The minimum absolute atomic E-state index is 0.0216. The van der Waals surface area contributed by atoms with Crippen LogP contribution in [0.15, 0.2) is 36.4 Å². The van der Waals surface area contributed by atoms with E-state index in [0.29, 0.717) is 36.9 Å². The summed E-state index contributed by atoms with van der Waals surface area (Å²) in [7, 11) is 0. The van der Waals surface area contributed by atoms with Crippen LogP contribution < -0.4 is 10.1 Å². The van der Waals surface area contributed by atoms with Crippen LogP contribution in [0.1, 0.15) is 50.9 Å². The summed E-state index contributed by atoms with van der Waals surface area (Å²) < 4.78 is 9.73. The molecule has 7 heteroatoms. The molecule has 1 aromatic rings. The topological polar surface area (TPSA) is 84.9 Å². The van der Waals surface area contributed by atoms with Gasteiger partial charge < -0.3 is 19.7 Å². The highest BCUT2D eigenvalue weighted by molar-refractivity contribution is 5.94. The standard InChI is InChI=1S/C23H32N2O5/c1-5-29-22(28)30-19-8-6-18(7-9-19)21(27)25-14-11-17(12-15-25)16-24-20(26)10-13-23(2,3)4/h6-10,13,17H,5,11-12,14-16H2,1-4H3,(H,24,26)/b13-10+. The highest BCUT2D eigenvalue weighted by Crippen LogP contribution is 2.20. The Labute approximate surface area is 178 Å². The van der Waals surface area contributed by atoms with Crippen LogP contribution in [0.2, 0.25) is 0 Å². The molecule has 0 saturated carbocycles. The largest absolute Gasteiger partial charge is 0.513 e. The lowest BCUT2D eigenvalue weighted by Gasteiger charge is -2.32. The first kappa shape index (κ1) is 23.4. The second-order valence-electron chi connectivity index (χ2n) is 8.49. The van der Waals surface area contributed by atoms with Crippen LogP contribution in [0.25, 0.3) is 0 Å². The fourth-order valence-corrected chi connectivity index (χ4v) is 3.06. The summed E-state index contributed by atoms with van der Waals surface area (Å²) in [5.74, 6) is 0.572. The molecule has 1 heterocycles. The van der Waals surface area contributed by atoms with E-state index < -0.39 is 6.16 Å². The Morgan fingerprint density at radius 2 is 1.77 bits per heavy atom. The number of amides is 2. The first-order valence-electron chi connectivity index (χ1n) is 10.4. The van der Waals surface area contributed by atoms with Crippen molar-refractivity contribution in [2.24, 2.45) is 11.3 Å². The minimum Gasteiger partial charge on any atom is -0.434 e. The molecule has 1 fully saturated rings. The van der Waals surface area contributed by atoms with Crippen molar-refractivity contribution in [2.75, 3.05) is 26.2 Å². The van der Waals surface area contributed by atoms with Crippen molar-refractivity contribution in [2.45, 2.75) is 40.5 Å². The summed E-state index contributed by atoms with van der Waals surface area (Å²) in [5.41, 5.74) is 0.525. The van der Waals surface area contributed by atoms with Crippen LogP contribution in [0, 0.1) is 11.3 Å². The van der Waals surface area contributed by atoms with Gasteiger partial charge in [-0.05, 0) is 61.4 Å². The highest BCUT2D eigenvalue weighted by Gasteiger charge is 2.24. The van der Waals surface area contributed by atoms with Gasteiger partial charge in [0.25, 0.3) is 5.91 Å². The molecule has 0 bridgehead atoms. The molecule has 1 saturated heterocycles. The van der Waals surface area contributed by atoms with E-state index in [-0.39, 0.29) is 23.8 Å². The van der Waals surface area contributed by atoms with Crippen LogP contribution in [-0.2, 0) is 9.53 Å². The van der Waals surface area contributed by atoms with E-state index in [1.807, 2.05) is 31.7 Å². The maximum Gasteiger partial charge on any atom is 0.513 e. The van der Waals surface area contributed by atoms with Crippen LogP contribution in [0.3, 0.4) is 0 Å². The monoisotopic (exact) mass is 416 g/mol. The fraction of sp³-hybridized carbons (Fsp3) is 0.522. The maximum absolute atomic E-state index is 12.7. The third-order valence-electron chi connectivity index (χ3n) is 4.77. The second-order valence-corrected chi connectivity index (χ2v) is 8.49. The molecule has 164 valence electrons. The van der Waals surface area contributed by atoms with Crippen molar-refractivity contribution in [1.82, 2.24) is 10.2 Å². The average Bonchev–Trinajstić information content (AvgIpc) is 2.71. The summed E-state index contributed by atoms with van der Waals surface area (Å²) in [5, 5.41) is 2.95. The first-order chi connectivity index (χ1) is 14.2. The van der Waals surface area contributed by atoms with Gasteiger partial charge in [-0.2, -0.15) is 0 Å². The summed E-state index contributed by atoms with van der Waals surface area (Å²) in [6.45, 7) is 10.00. The van der Waals surface area contributed by atoms with Crippen LogP contribution >= 0.6 is 0 Å². The van der Waals surface area contributed by atoms with Gasteiger partial charge in [-0.15, -0.1) is 0 Å². The van der Waals surface area contributed by atoms with Gasteiger partial charge in [-0.1, -0.05) is 26.8 Å². The van der Waals surface area contributed by atoms with E-state index >= 15 is 0 Å². The van der Waals surface area contributed by atoms with Crippen molar-refractivity contribution in [3.8, 4) is 5.75 Å². The van der Waals surface area contributed by atoms with E-state index in [2.05, 4.69) is 5.32 Å². The van der Waals surface area contributed by atoms with Crippen LogP contribution in [0.5, 0.6) is 5.75 Å². The molecular weight excluding hydrogens is 384 g/mol. The van der Waals surface area contributed by atoms with Crippen molar-refractivity contribution >= 4 is 18.0 Å². The number of hydrogen-bond acceptors (Lipinski definition) is 5. The molecule has 0 aliphatic carbocycles. The number of piperidine rings is 1. The smallest absolute Gasteiger partial charge is 0.434 e. The lowest BCUT2D eigenvalue weighted by Crippen LogP contribution is -2.41. The Morgan fingerprint density at radius 3 is 2.33 bits per heavy atom. The molecule has 7 nitrogen and oxygen atoms in total. The van der Waals surface area contributed by atoms with Crippen molar-refractivity contribution in [3.63, 3.8) is 0 Å². The Kier molecular flexibility index (Phi) is 8.45. The third kappa shape index (κ3) is 7.89. The number of rotatable bonds is 6. The molecule has 0 spiro atoms. The van der Waals surface area contributed by atoms with E-state index in [0.717, 1.165) is 12.8 Å². The minimum atomic E-state index is -0.764. The van der Waals surface area contributed by atoms with E-state index in [9.17, 15) is 14.4 Å². The molecule has 0 radical (unpaired) electrons. The number of nitrogens with one attached hydrogen (secondary N) is 1. The zero-order chi connectivity index (χ0) is 22.1. The molecule has 0 aromatic heterocycles. The fourth-order valence-electron chi connectivity index (χ4n) is 3.06. The number of benzene rings is 1. The van der Waals surface area contributed by atoms with Gasteiger partial charge in [-0.3, -0.25) is 9.59 Å².